The largest absolute Gasteiger partial charge is 0.399 e. The molecule has 4 N–H and O–H groups in total. The average Bonchev–Trinajstić information content (AvgIpc) is 2.54. The summed E-state index contributed by atoms with van der Waals surface area (Å²) in [5.74, 6) is 0. The molecule has 1 fully saturated rings. The van der Waals surface area contributed by atoms with Crippen LogP contribution in [0.3, 0.4) is 0 Å². The topological polar surface area (TPSA) is 58.3 Å². The first-order valence-electron chi connectivity index (χ1n) is 6.60. The van der Waals surface area contributed by atoms with Gasteiger partial charge in [0.2, 0.25) is 0 Å². The summed E-state index contributed by atoms with van der Waals surface area (Å²) in [5, 5.41) is 13.9. The second-order valence-corrected chi connectivity index (χ2v) is 6.09. The van der Waals surface area contributed by atoms with E-state index in [1.807, 2.05) is 18.2 Å². The van der Waals surface area contributed by atoms with Crippen molar-refractivity contribution in [3.8, 4) is 0 Å². The van der Waals surface area contributed by atoms with Crippen LogP contribution in [0.4, 0.5) is 11.4 Å². The number of rotatable bonds is 3. The minimum absolute atomic E-state index is 0.558. The van der Waals surface area contributed by atoms with E-state index in [0.29, 0.717) is 6.54 Å². The number of hydrogen-bond donors (Lipinski definition) is 3. The minimum atomic E-state index is -0.558. The van der Waals surface area contributed by atoms with Crippen LogP contribution in [0, 0.1) is 0 Å². The molecule has 1 aliphatic carbocycles. The molecule has 0 radical (unpaired) electrons. The van der Waals surface area contributed by atoms with Gasteiger partial charge in [0.1, 0.15) is 0 Å². The Morgan fingerprint density at radius 3 is 2.50 bits per heavy atom. The van der Waals surface area contributed by atoms with E-state index in [2.05, 4.69) is 21.2 Å². The Morgan fingerprint density at radius 2 is 1.89 bits per heavy atom. The molecular weight excluding hydrogens is 292 g/mol. The molecule has 2 rings (SSSR count). The predicted octanol–water partition coefficient (Wildman–Crippen LogP) is 3.53. The zero-order valence-corrected chi connectivity index (χ0v) is 12.2. The van der Waals surface area contributed by atoms with Crippen molar-refractivity contribution in [2.75, 3.05) is 17.6 Å². The third-order valence-corrected chi connectivity index (χ3v) is 4.29. The Kier molecular flexibility index (Phi) is 4.51. The van der Waals surface area contributed by atoms with Crippen LogP contribution in [0.25, 0.3) is 0 Å². The fourth-order valence-corrected chi connectivity index (χ4v) is 3.03. The van der Waals surface area contributed by atoms with Crippen LogP contribution in [0.5, 0.6) is 0 Å². The van der Waals surface area contributed by atoms with Gasteiger partial charge in [-0.25, -0.2) is 0 Å². The van der Waals surface area contributed by atoms with Crippen LogP contribution in [-0.4, -0.2) is 17.3 Å². The molecule has 1 aromatic carbocycles. The molecule has 0 saturated heterocycles. The summed E-state index contributed by atoms with van der Waals surface area (Å²) in [7, 11) is 0. The molecule has 0 unspecified atom stereocenters. The van der Waals surface area contributed by atoms with Crippen LogP contribution in [0.2, 0.25) is 0 Å². The van der Waals surface area contributed by atoms with Crippen molar-refractivity contribution < 1.29 is 5.11 Å². The first-order chi connectivity index (χ1) is 8.59. The van der Waals surface area contributed by atoms with E-state index in [4.69, 9.17) is 5.73 Å². The highest BCUT2D eigenvalue weighted by atomic mass is 79.9. The second-order valence-electron chi connectivity index (χ2n) is 5.23. The highest BCUT2D eigenvalue weighted by molar-refractivity contribution is 9.10. The second kappa shape index (κ2) is 5.93. The molecule has 4 heteroatoms. The fourth-order valence-electron chi connectivity index (χ4n) is 2.50. The average molecular weight is 313 g/mol. The van der Waals surface area contributed by atoms with E-state index in [1.165, 1.54) is 12.8 Å². The molecule has 100 valence electrons. The number of nitrogens with two attached hydrogens (primary N) is 1. The molecule has 0 spiro atoms. The third kappa shape index (κ3) is 3.62. The van der Waals surface area contributed by atoms with Crippen molar-refractivity contribution in [2.45, 2.75) is 44.1 Å². The Hall–Kier alpha value is -0.740. The maximum Gasteiger partial charge on any atom is 0.0819 e. The zero-order chi connectivity index (χ0) is 13.0. The van der Waals surface area contributed by atoms with Crippen molar-refractivity contribution in [3.05, 3.63) is 22.7 Å². The van der Waals surface area contributed by atoms with E-state index >= 15 is 0 Å². The van der Waals surface area contributed by atoms with E-state index in [9.17, 15) is 5.11 Å². The van der Waals surface area contributed by atoms with Gasteiger partial charge in [0, 0.05) is 22.4 Å². The van der Waals surface area contributed by atoms with Gasteiger partial charge >= 0.3 is 0 Å². The SMILES string of the molecule is Nc1ccc(NCC2(O)CCCCCC2)c(Br)c1. The first kappa shape index (κ1) is 13.7. The molecule has 0 aliphatic heterocycles. The van der Waals surface area contributed by atoms with Crippen LogP contribution in [0.1, 0.15) is 38.5 Å². The standard InChI is InChI=1S/C14H21BrN2O/c15-12-9-11(16)5-6-13(12)17-10-14(18)7-3-1-2-4-8-14/h5-6,9,17-18H,1-4,7-8,10,16H2. The van der Waals surface area contributed by atoms with Crippen molar-refractivity contribution in [1.29, 1.82) is 0 Å². The van der Waals surface area contributed by atoms with Crippen molar-refractivity contribution >= 4 is 27.3 Å². The van der Waals surface area contributed by atoms with Gasteiger partial charge in [0.05, 0.1) is 5.60 Å². The smallest absolute Gasteiger partial charge is 0.0819 e. The van der Waals surface area contributed by atoms with Gasteiger partial charge in [-0.3, -0.25) is 0 Å². The number of halogens is 1. The maximum absolute atomic E-state index is 10.6. The number of anilines is 2. The Labute approximate surface area is 117 Å². The quantitative estimate of drug-likeness (QED) is 0.591. The van der Waals surface area contributed by atoms with Crippen molar-refractivity contribution in [2.24, 2.45) is 0 Å². The van der Waals surface area contributed by atoms with Gasteiger partial charge in [-0.15, -0.1) is 0 Å². The molecule has 1 aliphatic rings. The van der Waals surface area contributed by atoms with Crippen LogP contribution in [-0.2, 0) is 0 Å². The Balaban J connectivity index is 1.97. The lowest BCUT2D eigenvalue weighted by molar-refractivity contribution is 0.0381. The van der Waals surface area contributed by atoms with Gasteiger partial charge in [-0.2, -0.15) is 0 Å². The lowest BCUT2D eigenvalue weighted by Gasteiger charge is -2.27. The number of nitrogens with one attached hydrogen (secondary N) is 1. The van der Waals surface area contributed by atoms with Gasteiger partial charge in [-0.1, -0.05) is 25.7 Å². The molecule has 3 nitrogen and oxygen atoms in total. The lowest BCUT2D eigenvalue weighted by Crippen LogP contribution is -2.36. The van der Waals surface area contributed by atoms with E-state index < -0.39 is 5.60 Å². The van der Waals surface area contributed by atoms with E-state index in [0.717, 1.165) is 41.5 Å². The van der Waals surface area contributed by atoms with E-state index in [-0.39, 0.29) is 0 Å². The molecular formula is C14H21BrN2O. The Bertz CT molecular complexity index is 401. The minimum Gasteiger partial charge on any atom is -0.399 e. The molecule has 0 heterocycles. The molecule has 0 amide bonds. The summed E-state index contributed by atoms with van der Waals surface area (Å²) in [6, 6.07) is 5.68. The Morgan fingerprint density at radius 1 is 1.22 bits per heavy atom. The lowest BCUT2D eigenvalue weighted by atomic mass is 9.94. The van der Waals surface area contributed by atoms with E-state index in [1.54, 1.807) is 0 Å². The molecule has 0 aromatic heterocycles. The first-order valence-corrected chi connectivity index (χ1v) is 7.40. The highest BCUT2D eigenvalue weighted by Gasteiger charge is 2.27. The highest BCUT2D eigenvalue weighted by Crippen LogP contribution is 2.29. The van der Waals surface area contributed by atoms with Crippen LogP contribution < -0.4 is 11.1 Å². The zero-order valence-electron chi connectivity index (χ0n) is 10.6. The maximum atomic E-state index is 10.6. The van der Waals surface area contributed by atoms with Gasteiger partial charge in [-0.05, 0) is 47.0 Å². The molecule has 0 bridgehead atoms. The van der Waals surface area contributed by atoms with Crippen LogP contribution >= 0.6 is 15.9 Å². The molecule has 0 atom stereocenters. The number of nitrogen functional groups attached to an aromatic ring is 1. The molecule has 1 aromatic rings. The van der Waals surface area contributed by atoms with Gasteiger partial charge in [0.25, 0.3) is 0 Å². The van der Waals surface area contributed by atoms with Gasteiger partial charge < -0.3 is 16.2 Å². The third-order valence-electron chi connectivity index (χ3n) is 3.64. The van der Waals surface area contributed by atoms with Gasteiger partial charge in [0.15, 0.2) is 0 Å². The predicted molar refractivity (Wildman–Crippen MR) is 79.7 cm³/mol. The summed E-state index contributed by atoms with van der Waals surface area (Å²) in [4.78, 5) is 0. The summed E-state index contributed by atoms with van der Waals surface area (Å²) in [6.45, 7) is 0.607. The number of aliphatic hydroxyl groups is 1. The van der Waals surface area contributed by atoms with Crippen molar-refractivity contribution in [3.63, 3.8) is 0 Å². The normalized spacial score (nSPS) is 19.2. The monoisotopic (exact) mass is 312 g/mol. The fraction of sp³-hybridized carbons (Fsp3) is 0.571. The molecule has 18 heavy (non-hydrogen) atoms. The summed E-state index contributed by atoms with van der Waals surface area (Å²) < 4.78 is 0.944. The number of hydrogen-bond acceptors (Lipinski definition) is 3. The number of benzene rings is 1. The van der Waals surface area contributed by atoms with Crippen molar-refractivity contribution in [1.82, 2.24) is 0 Å². The molecule has 1 saturated carbocycles. The summed E-state index contributed by atoms with van der Waals surface area (Å²) in [5.41, 5.74) is 6.87. The summed E-state index contributed by atoms with van der Waals surface area (Å²) >= 11 is 3.48. The summed E-state index contributed by atoms with van der Waals surface area (Å²) in [6.07, 6.45) is 6.53. The van der Waals surface area contributed by atoms with Crippen LogP contribution in [0.15, 0.2) is 22.7 Å².